The molecule has 0 unspecified atom stereocenters. The van der Waals surface area contributed by atoms with Crippen LogP contribution in [0, 0.1) is 0 Å². The van der Waals surface area contributed by atoms with E-state index in [1.807, 2.05) is 0 Å². The highest BCUT2D eigenvalue weighted by Gasteiger charge is 2.33. The first kappa shape index (κ1) is 15.4. The Kier molecular flexibility index (Phi) is 4.48. The van der Waals surface area contributed by atoms with Crippen LogP contribution in [0.4, 0.5) is 4.39 Å². The van der Waals surface area contributed by atoms with E-state index in [9.17, 15) is 12.8 Å². The Morgan fingerprint density at radius 2 is 2.15 bits per heavy atom. The lowest BCUT2D eigenvalue weighted by Gasteiger charge is -2.29. The molecule has 0 atom stereocenters. The standard InChI is InChI=1S/C11H14ClFN2O4S/c12-9-5-8(20(14,16)17)6-15-10(9)19-7-11(13)1-3-18-4-2-11/h5-6H,1-4,7H2,(H2,14,16,17). The van der Waals surface area contributed by atoms with Crippen LogP contribution in [-0.2, 0) is 14.8 Å². The summed E-state index contributed by atoms with van der Waals surface area (Å²) in [4.78, 5) is 3.52. The number of hydrogen-bond donors (Lipinski definition) is 1. The lowest BCUT2D eigenvalue weighted by Crippen LogP contribution is -2.37. The molecule has 0 aromatic carbocycles. The van der Waals surface area contributed by atoms with Gasteiger partial charge in [0.15, 0.2) is 0 Å². The molecule has 0 amide bonds. The summed E-state index contributed by atoms with van der Waals surface area (Å²) in [5.74, 6) is -0.0254. The van der Waals surface area contributed by atoms with E-state index >= 15 is 0 Å². The van der Waals surface area contributed by atoms with Crippen LogP contribution in [0.5, 0.6) is 5.88 Å². The second-order valence-corrected chi connectivity index (χ2v) is 6.52. The maximum Gasteiger partial charge on any atom is 0.239 e. The number of alkyl halides is 1. The largest absolute Gasteiger partial charge is 0.473 e. The van der Waals surface area contributed by atoms with Gasteiger partial charge >= 0.3 is 0 Å². The van der Waals surface area contributed by atoms with Crippen molar-refractivity contribution in [3.8, 4) is 5.88 Å². The van der Waals surface area contributed by atoms with Gasteiger partial charge in [-0.1, -0.05) is 11.6 Å². The number of nitrogens with two attached hydrogens (primary N) is 1. The zero-order valence-corrected chi connectivity index (χ0v) is 12.1. The molecule has 0 saturated carbocycles. The van der Waals surface area contributed by atoms with Crippen LogP contribution in [-0.4, -0.2) is 38.9 Å². The van der Waals surface area contributed by atoms with E-state index in [4.69, 9.17) is 26.2 Å². The Balaban J connectivity index is 2.07. The fourth-order valence-electron chi connectivity index (χ4n) is 1.75. The number of halogens is 2. The van der Waals surface area contributed by atoms with Crippen LogP contribution in [0.25, 0.3) is 0 Å². The van der Waals surface area contributed by atoms with Crippen molar-refractivity contribution in [2.75, 3.05) is 19.8 Å². The molecule has 2 rings (SSSR count). The number of aromatic nitrogens is 1. The second kappa shape index (κ2) is 5.80. The molecule has 0 bridgehead atoms. The molecule has 2 heterocycles. The molecular formula is C11H14ClFN2O4S. The molecule has 1 aliphatic heterocycles. The average molecular weight is 325 g/mol. The molecule has 2 N–H and O–H groups in total. The van der Waals surface area contributed by atoms with Gasteiger partial charge < -0.3 is 9.47 Å². The molecule has 1 aromatic heterocycles. The molecule has 1 saturated heterocycles. The Morgan fingerprint density at radius 3 is 2.70 bits per heavy atom. The van der Waals surface area contributed by atoms with E-state index in [2.05, 4.69) is 4.98 Å². The van der Waals surface area contributed by atoms with Gasteiger partial charge in [-0.15, -0.1) is 0 Å². The Bertz CT molecular complexity index is 590. The summed E-state index contributed by atoms with van der Waals surface area (Å²) in [5, 5.41) is 4.91. The van der Waals surface area contributed by atoms with Crippen LogP contribution < -0.4 is 9.88 Å². The lowest BCUT2D eigenvalue weighted by molar-refractivity contribution is -0.0331. The molecule has 6 nitrogen and oxygen atoms in total. The van der Waals surface area contributed by atoms with Crippen LogP contribution in [0.1, 0.15) is 12.8 Å². The summed E-state index contributed by atoms with van der Waals surface area (Å²) in [6, 6.07) is 1.12. The summed E-state index contributed by atoms with van der Waals surface area (Å²) >= 11 is 5.84. The highest BCUT2D eigenvalue weighted by atomic mass is 35.5. The van der Waals surface area contributed by atoms with Crippen LogP contribution in [0.3, 0.4) is 0 Å². The van der Waals surface area contributed by atoms with E-state index in [0.717, 1.165) is 12.3 Å². The molecule has 1 fully saturated rings. The number of hydrogen-bond acceptors (Lipinski definition) is 5. The summed E-state index contributed by atoms with van der Waals surface area (Å²) in [6.07, 6.45) is 1.49. The van der Waals surface area contributed by atoms with Crippen LogP contribution in [0.15, 0.2) is 17.2 Å². The first-order valence-electron chi connectivity index (χ1n) is 5.88. The second-order valence-electron chi connectivity index (χ2n) is 4.55. The highest BCUT2D eigenvalue weighted by molar-refractivity contribution is 7.89. The van der Waals surface area contributed by atoms with E-state index in [0.29, 0.717) is 13.2 Å². The Hall–Kier alpha value is -0.960. The average Bonchev–Trinajstić information content (AvgIpc) is 2.37. The zero-order chi connectivity index (χ0) is 14.8. The molecular weight excluding hydrogens is 311 g/mol. The fourth-order valence-corrected chi connectivity index (χ4v) is 2.52. The van der Waals surface area contributed by atoms with Crippen molar-refractivity contribution in [3.05, 3.63) is 17.3 Å². The molecule has 1 aromatic rings. The maximum absolute atomic E-state index is 14.3. The van der Waals surface area contributed by atoms with Gasteiger partial charge in [-0.2, -0.15) is 0 Å². The van der Waals surface area contributed by atoms with Gasteiger partial charge in [0.2, 0.25) is 15.9 Å². The first-order chi connectivity index (χ1) is 9.30. The van der Waals surface area contributed by atoms with Crippen molar-refractivity contribution >= 4 is 21.6 Å². The summed E-state index contributed by atoms with van der Waals surface area (Å²) in [7, 11) is -3.88. The van der Waals surface area contributed by atoms with Gasteiger partial charge in [-0.05, 0) is 6.07 Å². The van der Waals surface area contributed by atoms with Gasteiger partial charge in [0.1, 0.15) is 22.2 Å². The molecule has 0 aliphatic carbocycles. The van der Waals surface area contributed by atoms with Gasteiger partial charge in [0, 0.05) is 26.1 Å². The normalized spacial score (nSPS) is 18.8. The zero-order valence-electron chi connectivity index (χ0n) is 10.5. The van der Waals surface area contributed by atoms with E-state index in [1.54, 1.807) is 0 Å². The van der Waals surface area contributed by atoms with E-state index in [1.165, 1.54) is 0 Å². The summed E-state index contributed by atoms with van der Waals surface area (Å²) < 4.78 is 46.8. The summed E-state index contributed by atoms with van der Waals surface area (Å²) in [6.45, 7) is 0.467. The molecule has 0 radical (unpaired) electrons. The number of pyridine rings is 1. The lowest BCUT2D eigenvalue weighted by atomic mass is 9.98. The predicted octanol–water partition coefficient (Wildman–Crippen LogP) is 1.28. The van der Waals surface area contributed by atoms with Crippen LogP contribution in [0.2, 0.25) is 5.02 Å². The minimum Gasteiger partial charge on any atom is -0.473 e. The quantitative estimate of drug-likeness (QED) is 0.900. The van der Waals surface area contributed by atoms with Crippen molar-refractivity contribution < 1.29 is 22.3 Å². The number of rotatable bonds is 4. The molecule has 1 aliphatic rings. The van der Waals surface area contributed by atoms with E-state index < -0.39 is 15.7 Å². The maximum atomic E-state index is 14.3. The van der Waals surface area contributed by atoms with Crippen molar-refractivity contribution in [1.82, 2.24) is 4.98 Å². The van der Waals surface area contributed by atoms with Crippen molar-refractivity contribution in [3.63, 3.8) is 0 Å². The van der Waals surface area contributed by atoms with Gasteiger partial charge in [-0.25, -0.2) is 22.9 Å². The minimum atomic E-state index is -3.88. The van der Waals surface area contributed by atoms with Gasteiger partial charge in [0.05, 0.1) is 6.20 Å². The Morgan fingerprint density at radius 1 is 1.50 bits per heavy atom. The third-order valence-corrected chi connectivity index (χ3v) is 4.12. The third kappa shape index (κ3) is 3.78. The third-order valence-electron chi connectivity index (χ3n) is 2.97. The van der Waals surface area contributed by atoms with Crippen molar-refractivity contribution in [1.29, 1.82) is 0 Å². The minimum absolute atomic E-state index is 0.0254. The first-order valence-corrected chi connectivity index (χ1v) is 7.80. The molecule has 9 heteroatoms. The number of ether oxygens (including phenoxy) is 2. The topological polar surface area (TPSA) is 91.5 Å². The number of nitrogens with zero attached hydrogens (tertiary/aromatic N) is 1. The van der Waals surface area contributed by atoms with Crippen molar-refractivity contribution in [2.45, 2.75) is 23.4 Å². The van der Waals surface area contributed by atoms with Gasteiger partial charge in [-0.3, -0.25) is 0 Å². The molecule has 0 spiro atoms. The Labute approximate surface area is 121 Å². The SMILES string of the molecule is NS(=O)(=O)c1cnc(OCC2(F)CCOCC2)c(Cl)c1. The number of primary sulfonamides is 1. The van der Waals surface area contributed by atoms with Gasteiger partial charge in [0.25, 0.3) is 0 Å². The van der Waals surface area contributed by atoms with E-state index in [-0.39, 0.29) is 35.2 Å². The van der Waals surface area contributed by atoms with Crippen molar-refractivity contribution in [2.24, 2.45) is 5.14 Å². The van der Waals surface area contributed by atoms with Crippen LogP contribution >= 0.6 is 11.6 Å². The fraction of sp³-hybridized carbons (Fsp3) is 0.545. The molecule has 112 valence electrons. The molecule has 20 heavy (non-hydrogen) atoms. The smallest absolute Gasteiger partial charge is 0.239 e. The monoisotopic (exact) mass is 324 g/mol. The predicted molar refractivity (Wildman–Crippen MR) is 70.0 cm³/mol. The number of sulfonamides is 1. The summed E-state index contributed by atoms with van der Waals surface area (Å²) in [5.41, 5.74) is -1.48. The highest BCUT2D eigenvalue weighted by Crippen LogP contribution is 2.29.